The summed E-state index contributed by atoms with van der Waals surface area (Å²) in [6, 6.07) is 0.365. The second-order valence-corrected chi connectivity index (χ2v) is 5.78. The summed E-state index contributed by atoms with van der Waals surface area (Å²) >= 11 is 0. The third-order valence-corrected chi connectivity index (χ3v) is 3.95. The van der Waals surface area contributed by atoms with Crippen molar-refractivity contribution in [1.29, 1.82) is 0 Å². The third kappa shape index (κ3) is 3.44. The third-order valence-electron chi connectivity index (χ3n) is 3.95. The van der Waals surface area contributed by atoms with Gasteiger partial charge in [-0.05, 0) is 39.9 Å². The first-order valence-electron chi connectivity index (χ1n) is 7.30. The van der Waals surface area contributed by atoms with Crippen LogP contribution in [0.1, 0.15) is 24.6 Å². The van der Waals surface area contributed by atoms with Crippen molar-refractivity contribution in [2.24, 2.45) is 7.05 Å². The quantitative estimate of drug-likeness (QED) is 0.852. The van der Waals surface area contributed by atoms with E-state index in [0.717, 1.165) is 43.1 Å². The van der Waals surface area contributed by atoms with Gasteiger partial charge in [-0.15, -0.1) is 0 Å². The van der Waals surface area contributed by atoms with E-state index in [4.69, 9.17) is 5.11 Å². The minimum atomic E-state index is -0.937. The highest BCUT2D eigenvalue weighted by atomic mass is 16.4. The van der Waals surface area contributed by atoms with Crippen LogP contribution in [0.3, 0.4) is 0 Å². The van der Waals surface area contributed by atoms with Crippen LogP contribution in [-0.2, 0) is 11.8 Å². The Balaban J connectivity index is 2.40. The second kappa shape index (κ2) is 6.30. The van der Waals surface area contributed by atoms with Crippen LogP contribution in [0.5, 0.6) is 0 Å². The number of aliphatic carboxylic acids is 1. The molecule has 1 aliphatic heterocycles. The number of aryl methyl sites for hydroxylation is 2. The Morgan fingerprint density at radius 3 is 2.76 bits per heavy atom. The molecule has 0 saturated carbocycles. The van der Waals surface area contributed by atoms with Crippen LogP contribution in [0.4, 0.5) is 5.82 Å². The zero-order valence-corrected chi connectivity index (χ0v) is 13.2. The van der Waals surface area contributed by atoms with Crippen LogP contribution in [0.2, 0.25) is 0 Å². The fraction of sp³-hybridized carbons (Fsp3) is 0.600. The van der Waals surface area contributed by atoms with Gasteiger partial charge in [0.15, 0.2) is 0 Å². The van der Waals surface area contributed by atoms with Crippen LogP contribution in [0, 0.1) is 6.92 Å². The molecule has 116 valence electrons. The summed E-state index contributed by atoms with van der Waals surface area (Å²) in [4.78, 5) is 15.5. The number of carboxylic acids is 1. The lowest BCUT2D eigenvalue weighted by Crippen LogP contribution is -2.39. The van der Waals surface area contributed by atoms with Crippen molar-refractivity contribution in [2.45, 2.75) is 26.3 Å². The Morgan fingerprint density at radius 1 is 1.38 bits per heavy atom. The van der Waals surface area contributed by atoms with Gasteiger partial charge in [0.2, 0.25) is 0 Å². The topological polar surface area (TPSA) is 61.6 Å². The van der Waals surface area contributed by atoms with Gasteiger partial charge in [0.1, 0.15) is 5.82 Å². The normalized spacial score (nSPS) is 21.0. The summed E-state index contributed by atoms with van der Waals surface area (Å²) in [5, 5.41) is 13.3. The van der Waals surface area contributed by atoms with Gasteiger partial charge >= 0.3 is 5.97 Å². The molecule has 0 amide bonds. The van der Waals surface area contributed by atoms with Gasteiger partial charge < -0.3 is 14.9 Å². The molecule has 1 fully saturated rings. The molecule has 1 saturated heterocycles. The summed E-state index contributed by atoms with van der Waals surface area (Å²) in [6.07, 6.45) is 3.93. The Kier molecular flexibility index (Phi) is 4.67. The van der Waals surface area contributed by atoms with Gasteiger partial charge in [0.05, 0.1) is 5.69 Å². The number of hydrogen-bond donors (Lipinski definition) is 1. The van der Waals surface area contributed by atoms with E-state index >= 15 is 0 Å². The van der Waals surface area contributed by atoms with E-state index < -0.39 is 5.97 Å². The lowest BCUT2D eigenvalue weighted by atomic mass is 10.1. The number of likely N-dealkylation sites (N-methyl/N-ethyl adjacent to an activating group) is 1. The summed E-state index contributed by atoms with van der Waals surface area (Å²) in [5.41, 5.74) is 1.76. The molecule has 0 bridgehead atoms. The van der Waals surface area contributed by atoms with E-state index in [1.54, 1.807) is 6.08 Å². The Morgan fingerprint density at radius 2 is 2.10 bits per heavy atom. The zero-order valence-electron chi connectivity index (χ0n) is 13.2. The predicted molar refractivity (Wildman–Crippen MR) is 83.5 cm³/mol. The van der Waals surface area contributed by atoms with Crippen LogP contribution in [0.15, 0.2) is 6.08 Å². The number of carboxylic acid groups (broad SMARTS) is 1. The lowest BCUT2D eigenvalue weighted by Gasteiger charge is -2.30. The smallest absolute Gasteiger partial charge is 0.328 e. The van der Waals surface area contributed by atoms with E-state index in [-0.39, 0.29) is 0 Å². The minimum Gasteiger partial charge on any atom is -0.478 e. The van der Waals surface area contributed by atoms with Crippen molar-refractivity contribution < 1.29 is 9.90 Å². The van der Waals surface area contributed by atoms with Crippen molar-refractivity contribution in [3.63, 3.8) is 0 Å². The van der Waals surface area contributed by atoms with Gasteiger partial charge in [-0.2, -0.15) is 5.10 Å². The SMILES string of the molecule is Cc1nn(C)c(N2CCCN(C)CC2C)c1/C=C/C(=O)O. The Hall–Kier alpha value is -1.82. The average Bonchev–Trinajstić information content (AvgIpc) is 2.54. The molecule has 0 radical (unpaired) electrons. The van der Waals surface area contributed by atoms with Gasteiger partial charge in [-0.3, -0.25) is 4.68 Å². The lowest BCUT2D eigenvalue weighted by molar-refractivity contribution is -0.131. The maximum Gasteiger partial charge on any atom is 0.328 e. The van der Waals surface area contributed by atoms with E-state index in [0.29, 0.717) is 6.04 Å². The second-order valence-electron chi connectivity index (χ2n) is 5.78. The number of carbonyl (C=O) groups is 1. The van der Waals surface area contributed by atoms with Gasteiger partial charge in [0, 0.05) is 37.8 Å². The van der Waals surface area contributed by atoms with E-state index in [1.807, 2.05) is 18.7 Å². The predicted octanol–water partition coefficient (Wildman–Crippen LogP) is 1.36. The Labute approximate surface area is 125 Å². The van der Waals surface area contributed by atoms with E-state index in [1.165, 1.54) is 6.08 Å². The van der Waals surface area contributed by atoms with Crippen molar-refractivity contribution >= 4 is 17.9 Å². The number of nitrogens with zero attached hydrogens (tertiary/aromatic N) is 4. The van der Waals surface area contributed by atoms with Crippen molar-refractivity contribution in [3.8, 4) is 0 Å². The van der Waals surface area contributed by atoms with Gasteiger partial charge in [0.25, 0.3) is 0 Å². The van der Waals surface area contributed by atoms with Crippen molar-refractivity contribution in [3.05, 3.63) is 17.3 Å². The van der Waals surface area contributed by atoms with Gasteiger partial charge in [-0.25, -0.2) is 4.79 Å². The molecule has 1 aromatic rings. The van der Waals surface area contributed by atoms with Crippen LogP contribution < -0.4 is 4.90 Å². The molecular formula is C15H24N4O2. The minimum absolute atomic E-state index is 0.365. The maximum atomic E-state index is 10.8. The average molecular weight is 292 g/mol. The largest absolute Gasteiger partial charge is 0.478 e. The van der Waals surface area contributed by atoms with E-state index in [9.17, 15) is 4.79 Å². The first-order chi connectivity index (χ1) is 9.90. The van der Waals surface area contributed by atoms with Crippen LogP contribution >= 0.6 is 0 Å². The molecule has 1 N–H and O–H groups in total. The maximum absolute atomic E-state index is 10.8. The molecule has 1 atom stereocenters. The number of anilines is 1. The number of aromatic nitrogens is 2. The van der Waals surface area contributed by atoms with E-state index in [2.05, 4.69) is 28.9 Å². The molecule has 6 nitrogen and oxygen atoms in total. The summed E-state index contributed by atoms with van der Waals surface area (Å²) in [6.45, 7) is 7.15. The molecular weight excluding hydrogens is 268 g/mol. The standard InChI is InChI=1S/C15H24N4O2/c1-11-10-17(3)8-5-9-19(11)15-13(6-7-14(20)21)12(2)16-18(15)4/h6-7,11H,5,8-10H2,1-4H3,(H,20,21)/b7-6+. The molecule has 1 aromatic heterocycles. The fourth-order valence-electron chi connectivity index (χ4n) is 3.04. The molecule has 21 heavy (non-hydrogen) atoms. The molecule has 0 spiro atoms. The molecule has 1 aliphatic rings. The molecule has 0 aromatic carbocycles. The summed E-state index contributed by atoms with van der Waals surface area (Å²) < 4.78 is 1.86. The Bertz CT molecular complexity index is 550. The summed E-state index contributed by atoms with van der Waals surface area (Å²) in [5.74, 6) is 0.0700. The van der Waals surface area contributed by atoms with Gasteiger partial charge in [-0.1, -0.05) is 0 Å². The van der Waals surface area contributed by atoms with Crippen molar-refractivity contribution in [1.82, 2.24) is 14.7 Å². The van der Waals surface area contributed by atoms with Crippen LogP contribution in [-0.4, -0.2) is 58.5 Å². The number of hydrogen-bond acceptors (Lipinski definition) is 4. The molecule has 2 heterocycles. The molecule has 6 heteroatoms. The molecule has 1 unspecified atom stereocenters. The van der Waals surface area contributed by atoms with Crippen LogP contribution in [0.25, 0.3) is 6.08 Å². The molecule has 2 rings (SSSR count). The highest BCUT2D eigenvalue weighted by Crippen LogP contribution is 2.27. The highest BCUT2D eigenvalue weighted by molar-refractivity contribution is 5.87. The zero-order chi connectivity index (χ0) is 15.6. The first-order valence-corrected chi connectivity index (χ1v) is 7.30. The summed E-state index contributed by atoms with van der Waals surface area (Å²) in [7, 11) is 4.06. The first kappa shape index (κ1) is 15.6. The fourth-order valence-corrected chi connectivity index (χ4v) is 3.04. The number of rotatable bonds is 3. The highest BCUT2D eigenvalue weighted by Gasteiger charge is 2.25. The van der Waals surface area contributed by atoms with Crippen molar-refractivity contribution in [2.75, 3.05) is 31.6 Å². The molecule has 0 aliphatic carbocycles. The monoisotopic (exact) mass is 292 g/mol.